The molecule has 0 aromatic heterocycles. The van der Waals surface area contributed by atoms with E-state index in [-0.39, 0.29) is 44.9 Å². The Kier molecular flexibility index (Phi) is 18.0. The van der Waals surface area contributed by atoms with Crippen LogP contribution < -0.4 is 22.5 Å². The van der Waals surface area contributed by atoms with Crippen molar-refractivity contribution >= 4 is 47.7 Å². The van der Waals surface area contributed by atoms with Gasteiger partial charge in [0.2, 0.25) is 5.91 Å². The first kappa shape index (κ1) is 36.0. The number of hydrogen-bond donors (Lipinski definition) is 9. The quantitative estimate of drug-likeness (QED) is 0.0643. The summed E-state index contributed by atoms with van der Waals surface area (Å²) in [7, 11) is 0. The number of nitrogens with two attached hydrogens (primary N) is 3. The fraction of sp³-hybridized carbons (Fsp3) is 0.600. The molecule has 18 heteroatoms. The van der Waals surface area contributed by atoms with E-state index in [1.54, 1.807) is 0 Å². The van der Waals surface area contributed by atoms with Crippen molar-refractivity contribution < 1.29 is 68.6 Å². The van der Waals surface area contributed by atoms with Crippen molar-refractivity contribution in [3.05, 3.63) is 0 Å². The monoisotopic (exact) mass is 552 g/mol. The third-order valence-corrected chi connectivity index (χ3v) is 4.44. The molecule has 1 amide bonds. The smallest absolute Gasteiger partial charge is 0.330 e. The van der Waals surface area contributed by atoms with E-state index >= 15 is 0 Å². The molecule has 0 aliphatic carbocycles. The molecule has 0 unspecified atom stereocenters. The summed E-state index contributed by atoms with van der Waals surface area (Å²) in [4.78, 5) is 85.9. The second kappa shape index (κ2) is 19.0. The minimum absolute atomic E-state index is 0.133. The number of hydrogen-bond acceptors (Lipinski definition) is 12. The lowest BCUT2D eigenvalue weighted by Gasteiger charge is -2.14. The highest BCUT2D eigenvalue weighted by atomic mass is 16.6. The first-order chi connectivity index (χ1) is 17.5. The van der Waals surface area contributed by atoms with Crippen molar-refractivity contribution in [2.45, 2.75) is 75.5 Å². The van der Waals surface area contributed by atoms with Crippen molar-refractivity contribution in [3.8, 4) is 0 Å². The van der Waals surface area contributed by atoms with Gasteiger partial charge in [-0.25, -0.2) is 9.59 Å². The number of carboxylic acid groups (broad SMARTS) is 5. The highest BCUT2D eigenvalue weighted by Crippen LogP contribution is 2.03. The maximum absolute atomic E-state index is 11.4. The Morgan fingerprint density at radius 2 is 1.00 bits per heavy atom. The summed E-state index contributed by atoms with van der Waals surface area (Å²) in [5, 5.41) is 44.7. The Labute approximate surface area is 215 Å². The fourth-order valence-electron chi connectivity index (χ4n) is 2.23. The van der Waals surface area contributed by atoms with Crippen molar-refractivity contribution in [2.24, 2.45) is 17.2 Å². The lowest BCUT2D eigenvalue weighted by Crippen LogP contribution is -2.42. The number of rotatable bonds is 17. The van der Waals surface area contributed by atoms with E-state index in [1.165, 1.54) is 0 Å². The van der Waals surface area contributed by atoms with Gasteiger partial charge in [-0.15, -0.1) is 0 Å². The second-order valence-corrected chi connectivity index (χ2v) is 7.69. The number of aliphatic carboxylic acids is 5. The summed E-state index contributed by atoms with van der Waals surface area (Å²) in [6.45, 7) is 0. The van der Waals surface area contributed by atoms with Gasteiger partial charge >= 0.3 is 41.8 Å². The van der Waals surface area contributed by atoms with Gasteiger partial charge in [-0.2, -0.15) is 0 Å². The molecule has 0 aliphatic heterocycles. The molecule has 0 rings (SSSR count). The van der Waals surface area contributed by atoms with Gasteiger partial charge in [0.15, 0.2) is 0 Å². The van der Waals surface area contributed by atoms with Crippen LogP contribution in [0.3, 0.4) is 0 Å². The molecule has 0 saturated heterocycles. The van der Waals surface area contributed by atoms with Crippen molar-refractivity contribution in [2.75, 3.05) is 0 Å². The van der Waals surface area contributed by atoms with E-state index in [0.29, 0.717) is 0 Å². The molecule has 216 valence electrons. The topological polar surface area (TPSA) is 337 Å². The van der Waals surface area contributed by atoms with E-state index in [9.17, 15) is 38.4 Å². The zero-order valence-electron chi connectivity index (χ0n) is 20.1. The summed E-state index contributed by atoms with van der Waals surface area (Å²) in [5.41, 5.74) is 15.6. The fourth-order valence-corrected chi connectivity index (χ4v) is 2.23. The molecular weight excluding hydrogens is 520 g/mol. The minimum Gasteiger partial charge on any atom is -0.481 e. The van der Waals surface area contributed by atoms with Crippen LogP contribution >= 0.6 is 0 Å². The van der Waals surface area contributed by atoms with Gasteiger partial charge in [-0.3, -0.25) is 28.8 Å². The van der Waals surface area contributed by atoms with Gasteiger partial charge < -0.3 is 52.8 Å². The Hall–Kier alpha value is -4.16. The van der Waals surface area contributed by atoms with Crippen LogP contribution in [-0.4, -0.2) is 97.4 Å². The molecule has 18 nitrogen and oxygen atoms in total. The predicted octanol–water partition coefficient (Wildman–Crippen LogP) is -2.95. The van der Waals surface area contributed by atoms with E-state index in [0.717, 1.165) is 0 Å². The number of nitrogens with one attached hydrogen (secondary N) is 1. The van der Waals surface area contributed by atoms with Gasteiger partial charge in [-0.1, -0.05) is 0 Å². The van der Waals surface area contributed by atoms with E-state index in [2.05, 4.69) is 10.1 Å². The molecule has 0 aliphatic rings. The third-order valence-electron chi connectivity index (χ3n) is 4.44. The van der Waals surface area contributed by atoms with E-state index in [4.69, 9.17) is 42.7 Å². The van der Waals surface area contributed by atoms with Gasteiger partial charge in [0.05, 0.1) is 0 Å². The van der Waals surface area contributed by atoms with Crippen molar-refractivity contribution in [1.82, 2.24) is 5.32 Å². The lowest BCUT2D eigenvalue weighted by atomic mass is 10.1. The number of esters is 2. The summed E-state index contributed by atoms with van der Waals surface area (Å²) in [6, 6.07) is -4.95. The Balaban J connectivity index is 0. The van der Waals surface area contributed by atoms with Crippen molar-refractivity contribution in [1.29, 1.82) is 0 Å². The van der Waals surface area contributed by atoms with Crippen LogP contribution in [0.1, 0.15) is 51.4 Å². The normalized spacial score (nSPS) is 13.3. The Morgan fingerprint density at radius 1 is 0.579 bits per heavy atom. The number of carbonyl (C=O) groups excluding carboxylic acids is 3. The Morgan fingerprint density at radius 3 is 1.42 bits per heavy atom. The minimum atomic E-state index is -1.35. The summed E-state index contributed by atoms with van der Waals surface area (Å²) in [6.07, 6.45) is -2.02. The molecule has 0 heterocycles. The number of amides is 1. The highest BCUT2D eigenvalue weighted by Gasteiger charge is 2.22. The molecule has 0 saturated carbocycles. The summed E-state index contributed by atoms with van der Waals surface area (Å²) >= 11 is 0. The van der Waals surface area contributed by atoms with Crippen LogP contribution in [-0.2, 0) is 43.1 Å². The number of ether oxygens (including phenoxy) is 1. The number of carboxylic acids is 5. The van der Waals surface area contributed by atoms with Gasteiger partial charge in [-0.05, 0) is 25.7 Å². The molecule has 0 spiro atoms. The average molecular weight is 552 g/mol. The zero-order valence-corrected chi connectivity index (χ0v) is 20.1. The number of carbonyl (C=O) groups is 8. The second-order valence-electron chi connectivity index (χ2n) is 7.69. The third kappa shape index (κ3) is 19.1. The molecule has 0 aromatic rings. The van der Waals surface area contributed by atoms with Crippen LogP contribution in [0.2, 0.25) is 0 Å². The van der Waals surface area contributed by atoms with E-state index < -0.39 is 78.3 Å². The maximum atomic E-state index is 11.4. The first-order valence-corrected chi connectivity index (χ1v) is 10.9. The highest BCUT2D eigenvalue weighted by molar-refractivity contribution is 5.89. The van der Waals surface area contributed by atoms with Crippen LogP contribution in [0.25, 0.3) is 0 Å². The molecule has 0 fully saturated rings. The van der Waals surface area contributed by atoms with Crippen LogP contribution in [0, 0.1) is 0 Å². The molecule has 38 heavy (non-hydrogen) atoms. The lowest BCUT2D eigenvalue weighted by molar-refractivity contribution is -0.161. The Bertz CT molecular complexity index is 878. The molecule has 12 N–H and O–H groups in total. The summed E-state index contributed by atoms with van der Waals surface area (Å²) in [5.74, 6) is -8.85. The molecule has 0 aromatic carbocycles. The molecule has 0 bridgehead atoms. The van der Waals surface area contributed by atoms with Crippen LogP contribution in [0.15, 0.2) is 0 Å². The van der Waals surface area contributed by atoms with Crippen LogP contribution in [0.4, 0.5) is 0 Å². The van der Waals surface area contributed by atoms with Gasteiger partial charge in [0.1, 0.15) is 24.2 Å². The largest absolute Gasteiger partial charge is 0.481 e. The van der Waals surface area contributed by atoms with E-state index in [1.807, 2.05) is 0 Å². The molecule has 4 atom stereocenters. The average Bonchev–Trinajstić information content (AvgIpc) is 2.81. The van der Waals surface area contributed by atoms with Crippen LogP contribution in [0.5, 0.6) is 0 Å². The maximum Gasteiger partial charge on any atom is 0.330 e. The standard InChI is InChI=1S/2C10H16N2O7/c11-5(9(16)17)2-4-8(15)19-10(18)6(12)1-3-7(13)14;11-5(9(16)17)1-3-7(13)12-6(10(18)19)2-4-8(14)15/h5-6H,1-4,11-12H2,(H,13,14)(H,16,17);5-6H,1-4,11H2,(H,12,13)(H,14,15)(H,16,17)(H,18,19)/t2*5-,6-/m00/s1. The molecule has 0 radical (unpaired) electrons. The van der Waals surface area contributed by atoms with Crippen molar-refractivity contribution in [3.63, 3.8) is 0 Å². The van der Waals surface area contributed by atoms with Gasteiger partial charge in [0, 0.05) is 25.7 Å². The SMILES string of the molecule is N[C@@H](CCC(=O)N[C@@H](CCC(=O)O)C(=O)O)C(=O)O.N[C@@H](CCC(=O)OC(=O)[C@@H](N)CCC(=O)O)C(=O)O. The zero-order chi connectivity index (χ0) is 30.0. The van der Waals surface area contributed by atoms with Gasteiger partial charge in [0.25, 0.3) is 0 Å². The first-order valence-electron chi connectivity index (χ1n) is 10.9. The summed E-state index contributed by atoms with van der Waals surface area (Å²) < 4.78 is 4.33. The molecular formula is C20H32N4O14. The predicted molar refractivity (Wildman–Crippen MR) is 122 cm³/mol.